The van der Waals surface area contributed by atoms with E-state index in [9.17, 15) is 4.79 Å². The molecule has 0 aliphatic rings. The van der Waals surface area contributed by atoms with Crippen LogP contribution in [0.2, 0.25) is 5.02 Å². The number of azide groups is 1. The summed E-state index contributed by atoms with van der Waals surface area (Å²) in [6.45, 7) is 0. The maximum atomic E-state index is 11.3. The van der Waals surface area contributed by atoms with Gasteiger partial charge in [0.25, 0.3) is 5.91 Å². The Morgan fingerprint density at radius 1 is 1.64 bits per heavy atom. The van der Waals surface area contributed by atoms with Crippen LogP contribution in [0.15, 0.2) is 23.3 Å². The lowest BCUT2D eigenvalue weighted by Crippen LogP contribution is -2.17. The smallest absolute Gasteiger partial charge is 0.251 e. The molecule has 0 fully saturated rings. The Labute approximate surface area is 85.3 Å². The Hall–Kier alpha value is -1.71. The van der Waals surface area contributed by atoms with Crippen molar-refractivity contribution in [2.24, 2.45) is 5.11 Å². The van der Waals surface area contributed by atoms with Gasteiger partial charge in [-0.3, -0.25) is 4.79 Å². The van der Waals surface area contributed by atoms with Gasteiger partial charge in [0.1, 0.15) is 0 Å². The van der Waals surface area contributed by atoms with E-state index in [1.807, 2.05) is 0 Å². The maximum absolute atomic E-state index is 11.3. The fourth-order valence-corrected chi connectivity index (χ4v) is 1.13. The molecule has 0 atom stereocenters. The normalized spacial score (nSPS) is 9.00. The summed E-state index contributed by atoms with van der Waals surface area (Å²) in [5, 5.41) is 6.22. The predicted octanol–water partition coefficient (Wildman–Crippen LogP) is 2.64. The zero-order chi connectivity index (χ0) is 10.6. The van der Waals surface area contributed by atoms with Crippen LogP contribution in [0, 0.1) is 0 Å². The molecule has 1 aromatic carbocycles. The Balaban J connectivity index is 3.28. The van der Waals surface area contributed by atoms with Crippen LogP contribution >= 0.6 is 11.6 Å². The SMILES string of the molecule is CNC(=O)c1cc(Cl)ccc1N=[N+]=[N-]. The van der Waals surface area contributed by atoms with Crippen molar-refractivity contribution < 1.29 is 4.79 Å². The quantitative estimate of drug-likeness (QED) is 0.455. The Bertz CT molecular complexity index is 412. The number of carbonyl (C=O) groups excluding carboxylic acids is 1. The molecule has 72 valence electrons. The highest BCUT2D eigenvalue weighted by Gasteiger charge is 2.08. The fourth-order valence-electron chi connectivity index (χ4n) is 0.960. The molecule has 0 aromatic heterocycles. The number of benzene rings is 1. The van der Waals surface area contributed by atoms with E-state index >= 15 is 0 Å². The molecule has 0 saturated heterocycles. The summed E-state index contributed by atoms with van der Waals surface area (Å²) in [4.78, 5) is 13.9. The van der Waals surface area contributed by atoms with Crippen LogP contribution in [0.3, 0.4) is 0 Å². The van der Waals surface area contributed by atoms with Gasteiger partial charge in [-0.1, -0.05) is 22.8 Å². The Kier molecular flexibility index (Phi) is 3.34. The van der Waals surface area contributed by atoms with Gasteiger partial charge in [0.15, 0.2) is 0 Å². The number of nitrogens with one attached hydrogen (secondary N) is 1. The van der Waals surface area contributed by atoms with E-state index in [1.165, 1.54) is 19.2 Å². The second kappa shape index (κ2) is 4.50. The van der Waals surface area contributed by atoms with Crippen molar-refractivity contribution in [2.45, 2.75) is 0 Å². The first-order chi connectivity index (χ1) is 6.69. The van der Waals surface area contributed by atoms with Gasteiger partial charge in [-0.25, -0.2) is 0 Å². The number of hydrogen-bond acceptors (Lipinski definition) is 2. The summed E-state index contributed by atoms with van der Waals surface area (Å²) in [6.07, 6.45) is 0. The lowest BCUT2D eigenvalue weighted by molar-refractivity contribution is 0.0964. The number of nitrogens with zero attached hydrogens (tertiary/aromatic N) is 3. The highest BCUT2D eigenvalue weighted by atomic mass is 35.5. The minimum absolute atomic E-state index is 0.260. The first kappa shape index (κ1) is 10.4. The fraction of sp³-hybridized carbons (Fsp3) is 0.125. The van der Waals surface area contributed by atoms with Crippen LogP contribution < -0.4 is 5.32 Å². The van der Waals surface area contributed by atoms with E-state index in [2.05, 4.69) is 15.3 Å². The van der Waals surface area contributed by atoms with Gasteiger partial charge in [0.05, 0.1) is 11.3 Å². The third kappa shape index (κ3) is 2.16. The van der Waals surface area contributed by atoms with Crippen molar-refractivity contribution in [3.05, 3.63) is 39.2 Å². The number of halogens is 1. The van der Waals surface area contributed by atoms with Crippen molar-refractivity contribution in [1.82, 2.24) is 5.32 Å². The third-order valence-corrected chi connectivity index (χ3v) is 1.82. The van der Waals surface area contributed by atoms with Gasteiger partial charge in [0.2, 0.25) is 0 Å². The largest absolute Gasteiger partial charge is 0.355 e. The minimum atomic E-state index is -0.338. The molecule has 6 heteroatoms. The summed E-state index contributed by atoms with van der Waals surface area (Å²) in [5.74, 6) is -0.338. The average molecular weight is 211 g/mol. The summed E-state index contributed by atoms with van der Waals surface area (Å²) >= 11 is 5.70. The second-order valence-corrected chi connectivity index (χ2v) is 2.87. The molecule has 0 bridgehead atoms. The molecule has 1 aromatic rings. The lowest BCUT2D eigenvalue weighted by atomic mass is 10.1. The monoisotopic (exact) mass is 210 g/mol. The van der Waals surface area contributed by atoms with Crippen LogP contribution in [0.5, 0.6) is 0 Å². The summed E-state index contributed by atoms with van der Waals surface area (Å²) in [6, 6.07) is 4.50. The van der Waals surface area contributed by atoms with Gasteiger partial charge >= 0.3 is 0 Å². The van der Waals surface area contributed by atoms with Crippen LogP contribution in [0.4, 0.5) is 5.69 Å². The van der Waals surface area contributed by atoms with Crippen LogP contribution in [0.1, 0.15) is 10.4 Å². The highest BCUT2D eigenvalue weighted by Crippen LogP contribution is 2.23. The lowest BCUT2D eigenvalue weighted by Gasteiger charge is -2.03. The maximum Gasteiger partial charge on any atom is 0.251 e. The van der Waals surface area contributed by atoms with Crippen LogP contribution in [-0.2, 0) is 0 Å². The number of carbonyl (C=O) groups is 1. The zero-order valence-corrected chi connectivity index (χ0v) is 8.12. The van der Waals surface area contributed by atoms with E-state index in [4.69, 9.17) is 17.1 Å². The van der Waals surface area contributed by atoms with Gasteiger partial charge in [0, 0.05) is 17.0 Å². The van der Waals surface area contributed by atoms with Crippen molar-refractivity contribution in [2.75, 3.05) is 7.05 Å². The molecular formula is C8H7ClN4O. The molecule has 0 radical (unpaired) electrons. The van der Waals surface area contributed by atoms with Crippen molar-refractivity contribution in [1.29, 1.82) is 0 Å². The standard InChI is InChI=1S/C8H7ClN4O/c1-11-8(14)6-4-5(9)2-3-7(6)12-13-10/h2-4H,1H3,(H,11,14). The van der Waals surface area contributed by atoms with Crippen LogP contribution in [-0.4, -0.2) is 13.0 Å². The number of amides is 1. The summed E-state index contributed by atoms with van der Waals surface area (Å²) < 4.78 is 0. The van der Waals surface area contributed by atoms with E-state index in [-0.39, 0.29) is 17.2 Å². The summed E-state index contributed by atoms with van der Waals surface area (Å²) in [7, 11) is 1.49. The molecule has 0 heterocycles. The molecule has 0 unspecified atom stereocenters. The van der Waals surface area contributed by atoms with Gasteiger partial charge in [-0.2, -0.15) is 0 Å². The topological polar surface area (TPSA) is 77.9 Å². The first-order valence-electron chi connectivity index (χ1n) is 3.75. The molecule has 0 saturated carbocycles. The summed E-state index contributed by atoms with van der Waals surface area (Å²) in [5.41, 5.74) is 8.78. The number of hydrogen-bond donors (Lipinski definition) is 1. The predicted molar refractivity (Wildman–Crippen MR) is 53.6 cm³/mol. The van der Waals surface area contributed by atoms with Gasteiger partial charge in [-0.05, 0) is 17.7 Å². The Morgan fingerprint density at radius 2 is 2.36 bits per heavy atom. The molecule has 0 aliphatic carbocycles. The van der Waals surface area contributed by atoms with E-state index in [0.717, 1.165) is 0 Å². The minimum Gasteiger partial charge on any atom is -0.355 e. The first-order valence-corrected chi connectivity index (χ1v) is 4.13. The highest BCUT2D eigenvalue weighted by molar-refractivity contribution is 6.31. The van der Waals surface area contributed by atoms with E-state index in [0.29, 0.717) is 5.02 Å². The molecule has 5 nitrogen and oxygen atoms in total. The van der Waals surface area contributed by atoms with Crippen molar-refractivity contribution in [3.63, 3.8) is 0 Å². The van der Waals surface area contributed by atoms with E-state index < -0.39 is 0 Å². The van der Waals surface area contributed by atoms with Crippen LogP contribution in [0.25, 0.3) is 10.4 Å². The molecule has 1 N–H and O–H groups in total. The average Bonchev–Trinajstić information content (AvgIpc) is 2.20. The molecule has 14 heavy (non-hydrogen) atoms. The van der Waals surface area contributed by atoms with Gasteiger partial charge in [-0.15, -0.1) is 0 Å². The second-order valence-electron chi connectivity index (χ2n) is 2.43. The van der Waals surface area contributed by atoms with Gasteiger partial charge < -0.3 is 5.32 Å². The number of rotatable bonds is 2. The molecular weight excluding hydrogens is 204 g/mol. The Morgan fingerprint density at radius 3 is 2.93 bits per heavy atom. The molecule has 0 spiro atoms. The third-order valence-electron chi connectivity index (χ3n) is 1.58. The van der Waals surface area contributed by atoms with Crippen molar-refractivity contribution >= 4 is 23.2 Å². The zero-order valence-electron chi connectivity index (χ0n) is 7.36. The van der Waals surface area contributed by atoms with Crippen molar-refractivity contribution in [3.8, 4) is 0 Å². The van der Waals surface area contributed by atoms with E-state index in [1.54, 1.807) is 6.07 Å². The molecule has 1 rings (SSSR count). The molecule has 0 aliphatic heterocycles. The molecule has 1 amide bonds.